The van der Waals surface area contributed by atoms with E-state index in [0.29, 0.717) is 10.4 Å². The van der Waals surface area contributed by atoms with E-state index in [0.717, 1.165) is 22.4 Å². The third-order valence-corrected chi connectivity index (χ3v) is 6.35. The number of nitrogens with zero attached hydrogens (tertiary/aromatic N) is 1. The lowest BCUT2D eigenvalue weighted by molar-refractivity contribution is 0.414. The summed E-state index contributed by atoms with van der Waals surface area (Å²) in [6, 6.07) is 12.0. The van der Waals surface area contributed by atoms with Gasteiger partial charge in [-0.2, -0.15) is 0 Å². The summed E-state index contributed by atoms with van der Waals surface area (Å²) in [4.78, 5) is 12.2. The van der Waals surface area contributed by atoms with Crippen LogP contribution in [0.15, 0.2) is 52.2 Å². The molecule has 2 aromatic carbocycles. The predicted molar refractivity (Wildman–Crippen MR) is 103 cm³/mol. The van der Waals surface area contributed by atoms with E-state index < -0.39 is 10.0 Å². The van der Waals surface area contributed by atoms with Crippen LogP contribution >= 0.6 is 11.3 Å². The zero-order chi connectivity index (χ0) is 18.9. The van der Waals surface area contributed by atoms with E-state index >= 15 is 0 Å². The summed E-state index contributed by atoms with van der Waals surface area (Å²) < 4.78 is 35.2. The van der Waals surface area contributed by atoms with Gasteiger partial charge in [0.15, 0.2) is 0 Å². The quantitative estimate of drug-likeness (QED) is 0.699. The average Bonchev–Trinajstić information content (AvgIpc) is 2.95. The van der Waals surface area contributed by atoms with E-state index in [1.165, 1.54) is 6.07 Å². The van der Waals surface area contributed by atoms with Gasteiger partial charge >= 0.3 is 4.87 Å². The van der Waals surface area contributed by atoms with Gasteiger partial charge in [-0.15, -0.1) is 0 Å². The van der Waals surface area contributed by atoms with Gasteiger partial charge in [0, 0.05) is 12.6 Å². The van der Waals surface area contributed by atoms with E-state index in [-0.39, 0.29) is 22.4 Å². The molecule has 0 aliphatic carbocycles. The van der Waals surface area contributed by atoms with E-state index in [9.17, 15) is 13.2 Å². The van der Waals surface area contributed by atoms with Crippen LogP contribution in [0.4, 0.5) is 0 Å². The third-order valence-electron chi connectivity index (χ3n) is 4.04. The SMILES string of the molecule is COc1ccc(CNS(=O)(=O)c2ccc3c(c2)sc(=O)n3C(C)C)cc1. The zero-order valence-corrected chi connectivity index (χ0v) is 16.4. The highest BCUT2D eigenvalue weighted by Crippen LogP contribution is 2.24. The van der Waals surface area contributed by atoms with Crippen molar-refractivity contribution >= 4 is 31.6 Å². The Labute approximate surface area is 156 Å². The third kappa shape index (κ3) is 3.67. The normalized spacial score (nSPS) is 12.0. The van der Waals surface area contributed by atoms with Crippen molar-refractivity contribution in [3.05, 3.63) is 57.7 Å². The van der Waals surface area contributed by atoms with Crippen molar-refractivity contribution in [1.82, 2.24) is 9.29 Å². The van der Waals surface area contributed by atoms with Crippen LogP contribution in [0, 0.1) is 0 Å². The summed E-state index contributed by atoms with van der Waals surface area (Å²) in [5, 5.41) is 0. The lowest BCUT2D eigenvalue weighted by atomic mass is 10.2. The van der Waals surface area contributed by atoms with E-state index in [1.54, 1.807) is 48.1 Å². The van der Waals surface area contributed by atoms with Crippen molar-refractivity contribution in [1.29, 1.82) is 0 Å². The number of methoxy groups -OCH3 is 1. The number of nitrogens with one attached hydrogen (secondary N) is 1. The van der Waals surface area contributed by atoms with Crippen molar-refractivity contribution in [3.8, 4) is 5.75 Å². The van der Waals surface area contributed by atoms with Gasteiger partial charge in [-0.05, 0) is 49.7 Å². The molecule has 0 aliphatic heterocycles. The topological polar surface area (TPSA) is 77.4 Å². The highest BCUT2D eigenvalue weighted by molar-refractivity contribution is 7.89. The largest absolute Gasteiger partial charge is 0.497 e. The second kappa shape index (κ2) is 7.22. The number of aromatic nitrogens is 1. The number of hydrogen-bond acceptors (Lipinski definition) is 5. The Morgan fingerprint density at radius 2 is 1.85 bits per heavy atom. The lowest BCUT2D eigenvalue weighted by Gasteiger charge is -2.09. The molecule has 0 fully saturated rings. The molecule has 3 rings (SSSR count). The van der Waals surface area contributed by atoms with Crippen LogP contribution in [-0.4, -0.2) is 20.1 Å². The molecule has 0 amide bonds. The zero-order valence-electron chi connectivity index (χ0n) is 14.7. The van der Waals surface area contributed by atoms with Crippen LogP contribution < -0.4 is 14.3 Å². The van der Waals surface area contributed by atoms with Crippen molar-refractivity contribution in [2.45, 2.75) is 31.3 Å². The summed E-state index contributed by atoms with van der Waals surface area (Å²) in [7, 11) is -2.10. The van der Waals surface area contributed by atoms with Gasteiger partial charge in [-0.25, -0.2) is 13.1 Å². The number of rotatable bonds is 6. The molecule has 8 heteroatoms. The number of hydrogen-bond donors (Lipinski definition) is 1. The van der Waals surface area contributed by atoms with Gasteiger partial charge in [0.05, 0.1) is 22.2 Å². The molecule has 138 valence electrons. The first-order valence-electron chi connectivity index (χ1n) is 8.09. The maximum atomic E-state index is 12.6. The second-order valence-electron chi connectivity index (χ2n) is 6.13. The Bertz CT molecular complexity index is 1080. The van der Waals surface area contributed by atoms with Crippen LogP contribution in [-0.2, 0) is 16.6 Å². The molecule has 26 heavy (non-hydrogen) atoms. The maximum absolute atomic E-state index is 12.6. The summed E-state index contributed by atoms with van der Waals surface area (Å²) in [6.45, 7) is 4.02. The number of thiazole rings is 1. The fourth-order valence-electron chi connectivity index (χ4n) is 2.68. The van der Waals surface area contributed by atoms with Crippen LogP contribution in [0.1, 0.15) is 25.5 Å². The maximum Gasteiger partial charge on any atom is 0.308 e. The Hall–Kier alpha value is -2.16. The molecule has 0 saturated carbocycles. The van der Waals surface area contributed by atoms with Gasteiger partial charge in [-0.1, -0.05) is 23.5 Å². The van der Waals surface area contributed by atoms with Crippen LogP contribution in [0.5, 0.6) is 5.75 Å². The molecular weight excluding hydrogens is 372 g/mol. The number of fused-ring (bicyclic) bond motifs is 1. The molecule has 0 spiro atoms. The summed E-state index contributed by atoms with van der Waals surface area (Å²) in [5.74, 6) is 0.714. The number of benzene rings is 2. The first-order valence-corrected chi connectivity index (χ1v) is 10.4. The minimum absolute atomic E-state index is 0.0203. The molecular formula is C18H20N2O4S2. The highest BCUT2D eigenvalue weighted by atomic mass is 32.2. The average molecular weight is 393 g/mol. The van der Waals surface area contributed by atoms with Crippen molar-refractivity contribution in [2.24, 2.45) is 0 Å². The molecule has 6 nitrogen and oxygen atoms in total. The summed E-state index contributed by atoms with van der Waals surface area (Å²) in [5.41, 5.74) is 1.58. The minimum atomic E-state index is -3.68. The Kier molecular flexibility index (Phi) is 5.17. The first kappa shape index (κ1) is 18.6. The molecule has 0 radical (unpaired) electrons. The van der Waals surface area contributed by atoms with Crippen LogP contribution in [0.25, 0.3) is 10.2 Å². The van der Waals surface area contributed by atoms with Crippen molar-refractivity contribution in [3.63, 3.8) is 0 Å². The minimum Gasteiger partial charge on any atom is -0.497 e. The van der Waals surface area contributed by atoms with E-state index in [2.05, 4.69) is 4.72 Å². The van der Waals surface area contributed by atoms with Crippen molar-refractivity contribution in [2.75, 3.05) is 7.11 Å². The second-order valence-corrected chi connectivity index (χ2v) is 8.89. The highest BCUT2D eigenvalue weighted by Gasteiger charge is 2.17. The van der Waals surface area contributed by atoms with E-state index in [1.807, 2.05) is 13.8 Å². The van der Waals surface area contributed by atoms with Gasteiger partial charge < -0.3 is 4.74 Å². The molecule has 0 aliphatic rings. The Morgan fingerprint density at radius 1 is 1.15 bits per heavy atom. The van der Waals surface area contributed by atoms with Gasteiger partial charge in [-0.3, -0.25) is 9.36 Å². The monoisotopic (exact) mass is 392 g/mol. The molecule has 1 heterocycles. The fourth-order valence-corrected chi connectivity index (χ4v) is 4.85. The van der Waals surface area contributed by atoms with Gasteiger partial charge in [0.2, 0.25) is 10.0 Å². The molecule has 1 N–H and O–H groups in total. The summed E-state index contributed by atoms with van der Waals surface area (Å²) in [6.07, 6.45) is 0. The lowest BCUT2D eigenvalue weighted by Crippen LogP contribution is -2.23. The van der Waals surface area contributed by atoms with Gasteiger partial charge in [0.25, 0.3) is 0 Å². The van der Waals surface area contributed by atoms with E-state index in [4.69, 9.17) is 4.74 Å². The summed E-state index contributed by atoms with van der Waals surface area (Å²) >= 11 is 1.06. The molecule has 3 aromatic rings. The predicted octanol–water partition coefficient (Wildman–Crippen LogP) is 3.13. The smallest absolute Gasteiger partial charge is 0.308 e. The molecule has 0 unspecified atom stereocenters. The van der Waals surface area contributed by atoms with Gasteiger partial charge in [0.1, 0.15) is 5.75 Å². The Morgan fingerprint density at radius 3 is 2.46 bits per heavy atom. The molecule has 0 bridgehead atoms. The molecule has 0 atom stereocenters. The fraction of sp³-hybridized carbons (Fsp3) is 0.278. The van der Waals surface area contributed by atoms with Crippen LogP contribution in [0.3, 0.4) is 0 Å². The van der Waals surface area contributed by atoms with Crippen LogP contribution in [0.2, 0.25) is 0 Å². The molecule has 1 aromatic heterocycles. The number of ether oxygens (including phenoxy) is 1. The molecule has 0 saturated heterocycles. The standard InChI is InChI=1S/C18H20N2O4S2/c1-12(2)20-16-9-8-15(10-17(16)25-18(20)21)26(22,23)19-11-13-4-6-14(24-3)7-5-13/h4-10,12,19H,11H2,1-3H3. The number of sulfonamides is 1. The Balaban J connectivity index is 1.85. The van der Waals surface area contributed by atoms with Crippen molar-refractivity contribution < 1.29 is 13.2 Å². The first-order chi connectivity index (χ1) is 12.3.